The zero-order valence-corrected chi connectivity index (χ0v) is 12.7. The Balaban J connectivity index is 2.50. The molecule has 1 unspecified atom stereocenters. The minimum atomic E-state index is 0.147. The number of halogens is 2. The average Bonchev–Trinajstić information content (AvgIpc) is 2.66. The molecule has 0 bridgehead atoms. The summed E-state index contributed by atoms with van der Waals surface area (Å²) in [6.45, 7) is 2.81. The van der Waals surface area contributed by atoms with E-state index in [1.165, 1.54) is 3.57 Å². The molecule has 5 heteroatoms. The summed E-state index contributed by atoms with van der Waals surface area (Å²) in [7, 11) is 1.72. The minimum Gasteiger partial charge on any atom is -0.380 e. The summed E-state index contributed by atoms with van der Waals surface area (Å²) < 4.78 is 8.62. The third-order valence-corrected chi connectivity index (χ3v) is 3.66. The van der Waals surface area contributed by atoms with E-state index >= 15 is 0 Å². The van der Waals surface area contributed by atoms with Gasteiger partial charge in [0.2, 0.25) is 0 Å². The number of imidazole rings is 1. The van der Waals surface area contributed by atoms with Crippen molar-refractivity contribution in [1.29, 1.82) is 0 Å². The standard InChI is InChI=1S/C12H14ClIN2O/c1-8(17-2)7-16-11-4-3-9(14)5-10(11)15-12(16)6-13/h3-5,8H,6-7H2,1-2H3. The van der Waals surface area contributed by atoms with E-state index in [9.17, 15) is 0 Å². The van der Waals surface area contributed by atoms with Gasteiger partial charge in [-0.2, -0.15) is 0 Å². The second-order valence-corrected chi connectivity index (χ2v) is 5.46. The van der Waals surface area contributed by atoms with Crippen molar-refractivity contribution < 1.29 is 4.74 Å². The molecule has 0 aliphatic carbocycles. The summed E-state index contributed by atoms with van der Waals surface area (Å²) >= 11 is 8.23. The zero-order chi connectivity index (χ0) is 12.4. The highest BCUT2D eigenvalue weighted by molar-refractivity contribution is 14.1. The van der Waals surface area contributed by atoms with E-state index in [1.807, 2.05) is 6.92 Å². The van der Waals surface area contributed by atoms with Crippen LogP contribution in [0.5, 0.6) is 0 Å². The van der Waals surface area contributed by atoms with Crippen LogP contribution in [0, 0.1) is 3.57 Å². The van der Waals surface area contributed by atoms with Gasteiger partial charge in [-0.1, -0.05) is 0 Å². The molecule has 17 heavy (non-hydrogen) atoms. The first-order valence-electron chi connectivity index (χ1n) is 5.39. The molecular weight excluding hydrogens is 351 g/mol. The highest BCUT2D eigenvalue weighted by atomic mass is 127. The molecule has 1 aromatic carbocycles. The van der Waals surface area contributed by atoms with E-state index in [-0.39, 0.29) is 6.10 Å². The van der Waals surface area contributed by atoms with Gasteiger partial charge in [0.1, 0.15) is 5.82 Å². The van der Waals surface area contributed by atoms with Crippen molar-refractivity contribution >= 4 is 45.2 Å². The van der Waals surface area contributed by atoms with Crippen LogP contribution in [-0.4, -0.2) is 22.8 Å². The van der Waals surface area contributed by atoms with Crippen LogP contribution in [0.3, 0.4) is 0 Å². The maximum absolute atomic E-state index is 5.94. The highest BCUT2D eigenvalue weighted by Crippen LogP contribution is 2.20. The first-order chi connectivity index (χ1) is 8.15. The van der Waals surface area contributed by atoms with E-state index in [0.717, 1.165) is 23.4 Å². The Bertz CT molecular complexity index is 526. The van der Waals surface area contributed by atoms with Crippen molar-refractivity contribution in [2.75, 3.05) is 7.11 Å². The molecule has 0 aliphatic heterocycles. The van der Waals surface area contributed by atoms with Gasteiger partial charge in [0, 0.05) is 10.7 Å². The SMILES string of the molecule is COC(C)Cn1c(CCl)nc2cc(I)ccc21. The number of fused-ring (bicyclic) bond motifs is 1. The molecule has 0 radical (unpaired) electrons. The van der Waals surface area contributed by atoms with Crippen molar-refractivity contribution in [1.82, 2.24) is 9.55 Å². The van der Waals surface area contributed by atoms with Gasteiger partial charge in [-0.3, -0.25) is 0 Å². The van der Waals surface area contributed by atoms with Crippen LogP contribution in [0.15, 0.2) is 18.2 Å². The smallest absolute Gasteiger partial charge is 0.124 e. The number of aromatic nitrogens is 2. The first kappa shape index (κ1) is 13.1. The monoisotopic (exact) mass is 364 g/mol. The lowest BCUT2D eigenvalue weighted by atomic mass is 10.3. The van der Waals surface area contributed by atoms with Crippen LogP contribution < -0.4 is 0 Å². The lowest BCUT2D eigenvalue weighted by Crippen LogP contribution is -2.16. The van der Waals surface area contributed by atoms with Gasteiger partial charge in [-0.15, -0.1) is 11.6 Å². The van der Waals surface area contributed by atoms with E-state index in [1.54, 1.807) is 7.11 Å². The molecule has 0 saturated heterocycles. The number of ether oxygens (including phenoxy) is 1. The topological polar surface area (TPSA) is 27.1 Å². The number of rotatable bonds is 4. The lowest BCUT2D eigenvalue weighted by Gasteiger charge is -2.13. The van der Waals surface area contributed by atoms with Crippen LogP contribution in [0.25, 0.3) is 11.0 Å². The fourth-order valence-corrected chi connectivity index (χ4v) is 2.47. The molecule has 0 fully saturated rings. The normalized spacial score (nSPS) is 13.2. The van der Waals surface area contributed by atoms with Crippen molar-refractivity contribution in [2.45, 2.75) is 25.5 Å². The quantitative estimate of drug-likeness (QED) is 0.614. The largest absolute Gasteiger partial charge is 0.380 e. The summed E-state index contributed by atoms with van der Waals surface area (Å²) in [5.41, 5.74) is 2.11. The maximum atomic E-state index is 5.94. The molecule has 1 aromatic heterocycles. The number of methoxy groups -OCH3 is 1. The van der Waals surface area contributed by atoms with E-state index in [4.69, 9.17) is 16.3 Å². The van der Waals surface area contributed by atoms with Crippen LogP contribution in [0.1, 0.15) is 12.7 Å². The van der Waals surface area contributed by atoms with Gasteiger partial charge >= 0.3 is 0 Å². The molecule has 92 valence electrons. The van der Waals surface area contributed by atoms with Gasteiger partial charge < -0.3 is 9.30 Å². The lowest BCUT2D eigenvalue weighted by molar-refractivity contribution is 0.103. The number of nitrogens with zero attached hydrogens (tertiary/aromatic N) is 2. The fraction of sp³-hybridized carbons (Fsp3) is 0.417. The first-order valence-corrected chi connectivity index (χ1v) is 7.00. The number of hydrogen-bond donors (Lipinski definition) is 0. The maximum Gasteiger partial charge on any atom is 0.124 e. The van der Waals surface area contributed by atoms with E-state index in [0.29, 0.717) is 5.88 Å². The molecule has 2 rings (SSSR count). The minimum absolute atomic E-state index is 0.147. The molecule has 0 N–H and O–H groups in total. The van der Waals surface area contributed by atoms with Crippen LogP contribution in [0.4, 0.5) is 0 Å². The average molecular weight is 365 g/mol. The Morgan fingerprint density at radius 2 is 2.29 bits per heavy atom. The predicted octanol–water partition coefficient (Wildman–Crippen LogP) is 3.41. The van der Waals surface area contributed by atoms with Crippen LogP contribution in [-0.2, 0) is 17.2 Å². The molecule has 3 nitrogen and oxygen atoms in total. The number of benzene rings is 1. The molecule has 0 spiro atoms. The third-order valence-electron chi connectivity index (χ3n) is 2.75. The molecule has 2 aromatic rings. The zero-order valence-electron chi connectivity index (χ0n) is 9.78. The number of alkyl halides is 1. The molecule has 1 atom stereocenters. The molecule has 1 heterocycles. The summed E-state index contributed by atoms with van der Waals surface area (Å²) in [6, 6.07) is 6.24. The van der Waals surface area contributed by atoms with E-state index in [2.05, 4.69) is 50.3 Å². The molecule has 0 amide bonds. The van der Waals surface area contributed by atoms with Crippen molar-refractivity contribution in [2.24, 2.45) is 0 Å². The van der Waals surface area contributed by atoms with Gasteiger partial charge in [0.25, 0.3) is 0 Å². The summed E-state index contributed by atoms with van der Waals surface area (Å²) in [4.78, 5) is 4.55. The van der Waals surface area contributed by atoms with Gasteiger partial charge in [0.15, 0.2) is 0 Å². The summed E-state index contributed by atoms with van der Waals surface area (Å²) in [5, 5.41) is 0. The van der Waals surface area contributed by atoms with E-state index < -0.39 is 0 Å². The third kappa shape index (κ3) is 2.74. The molecule has 0 aliphatic rings. The molecular formula is C12H14ClIN2O. The second kappa shape index (κ2) is 5.54. The second-order valence-electron chi connectivity index (χ2n) is 3.95. The Kier molecular flexibility index (Phi) is 4.27. The van der Waals surface area contributed by atoms with Crippen LogP contribution >= 0.6 is 34.2 Å². The molecule has 0 saturated carbocycles. The van der Waals surface area contributed by atoms with Crippen LogP contribution in [0.2, 0.25) is 0 Å². The summed E-state index contributed by atoms with van der Waals surface area (Å²) in [5.74, 6) is 1.31. The van der Waals surface area contributed by atoms with Gasteiger partial charge in [0.05, 0.1) is 29.6 Å². The van der Waals surface area contributed by atoms with Gasteiger partial charge in [-0.05, 0) is 47.7 Å². The fourth-order valence-electron chi connectivity index (χ4n) is 1.79. The Labute approximate surface area is 119 Å². The van der Waals surface area contributed by atoms with Crippen molar-refractivity contribution in [3.8, 4) is 0 Å². The van der Waals surface area contributed by atoms with Gasteiger partial charge in [-0.25, -0.2) is 4.98 Å². The Morgan fingerprint density at radius 1 is 1.53 bits per heavy atom. The predicted molar refractivity (Wildman–Crippen MR) is 78.5 cm³/mol. The summed E-state index contributed by atoms with van der Waals surface area (Å²) in [6.07, 6.45) is 0.147. The van der Waals surface area contributed by atoms with Crippen molar-refractivity contribution in [3.05, 3.63) is 27.6 Å². The Morgan fingerprint density at radius 3 is 2.94 bits per heavy atom. The van der Waals surface area contributed by atoms with Crippen molar-refractivity contribution in [3.63, 3.8) is 0 Å². The highest BCUT2D eigenvalue weighted by Gasteiger charge is 2.12. The number of hydrogen-bond acceptors (Lipinski definition) is 2. The Hall–Kier alpha value is -0.330.